The molecule has 0 amide bonds. The summed E-state index contributed by atoms with van der Waals surface area (Å²) in [6.45, 7) is 6.20. The quantitative estimate of drug-likeness (QED) is 0.341. The van der Waals surface area contributed by atoms with Gasteiger partial charge in [-0.2, -0.15) is 0 Å². The van der Waals surface area contributed by atoms with Gasteiger partial charge in [0, 0.05) is 7.00 Å². The van der Waals surface area contributed by atoms with E-state index in [1.807, 2.05) is 0 Å². The molecule has 1 atom stereocenters. The fourth-order valence-corrected chi connectivity index (χ4v) is 0.255. The van der Waals surface area contributed by atoms with Gasteiger partial charge in [-0.25, -0.2) is 4.79 Å². The molecular weight excluding hydrogens is 120 g/mol. The molecular formula is C6H12O3. The van der Waals surface area contributed by atoms with Crippen LogP contribution in [0.5, 0.6) is 0 Å². The Kier molecular flexibility index (Phi) is 2.95. The van der Waals surface area contributed by atoms with Crippen LogP contribution in [0.25, 0.3) is 0 Å². The predicted octanol–water partition coefficient (Wildman–Crippen LogP) is 0.690. The number of hydrogen-bond acceptors (Lipinski definition) is 3. The summed E-state index contributed by atoms with van der Waals surface area (Å²) in [6, 6.07) is 0. The van der Waals surface area contributed by atoms with Crippen LogP contribution >= 0.6 is 0 Å². The van der Waals surface area contributed by atoms with E-state index in [0.29, 0.717) is 0 Å². The SMILES string of the molecule is C=C(C)C(=O)OC(C)O.[HH]. The normalized spacial score (nSPS) is 12.3. The molecule has 3 nitrogen and oxygen atoms in total. The van der Waals surface area contributed by atoms with Crippen LogP contribution in [0.3, 0.4) is 0 Å². The Hall–Kier alpha value is -0.830. The van der Waals surface area contributed by atoms with Gasteiger partial charge in [-0.3, -0.25) is 0 Å². The Labute approximate surface area is 55.4 Å². The molecule has 0 aliphatic rings. The third-order valence-electron chi connectivity index (χ3n) is 0.626. The minimum atomic E-state index is -1.05. The van der Waals surface area contributed by atoms with Gasteiger partial charge in [0.1, 0.15) is 0 Å². The fourth-order valence-electron chi connectivity index (χ4n) is 0.255. The zero-order chi connectivity index (χ0) is 7.44. The highest BCUT2D eigenvalue weighted by atomic mass is 16.6. The molecule has 0 rings (SSSR count). The highest BCUT2D eigenvalue weighted by Crippen LogP contribution is 1.94. The van der Waals surface area contributed by atoms with Crippen LogP contribution in [0, 0.1) is 0 Å². The topological polar surface area (TPSA) is 46.5 Å². The molecule has 0 aromatic carbocycles. The Balaban J connectivity index is 0. The fraction of sp³-hybridized carbons (Fsp3) is 0.500. The summed E-state index contributed by atoms with van der Waals surface area (Å²) in [7, 11) is 0. The number of ether oxygens (including phenoxy) is 1. The van der Waals surface area contributed by atoms with E-state index in [-0.39, 0.29) is 7.00 Å². The molecule has 0 heterocycles. The number of aliphatic hydroxyl groups is 1. The summed E-state index contributed by atoms with van der Waals surface area (Å²) in [5.74, 6) is -0.565. The molecule has 0 aromatic rings. The van der Waals surface area contributed by atoms with Gasteiger partial charge in [0.2, 0.25) is 0 Å². The molecule has 1 N–H and O–H groups in total. The van der Waals surface area contributed by atoms with E-state index in [1.54, 1.807) is 0 Å². The van der Waals surface area contributed by atoms with E-state index in [1.165, 1.54) is 13.8 Å². The smallest absolute Gasteiger partial charge is 0.335 e. The number of aliphatic hydroxyl groups excluding tert-OH is 1. The number of rotatable bonds is 2. The first-order chi connectivity index (χ1) is 4.04. The van der Waals surface area contributed by atoms with Crippen molar-refractivity contribution < 1.29 is 16.1 Å². The Morgan fingerprint density at radius 3 is 2.44 bits per heavy atom. The summed E-state index contributed by atoms with van der Waals surface area (Å²) in [5, 5.41) is 8.49. The second kappa shape index (κ2) is 3.25. The molecule has 0 aromatic heterocycles. The summed E-state index contributed by atoms with van der Waals surface area (Å²) < 4.78 is 4.33. The number of carbonyl (C=O) groups excluding carboxylic acids is 1. The first kappa shape index (κ1) is 8.17. The molecule has 0 saturated heterocycles. The van der Waals surface area contributed by atoms with Crippen LogP contribution in [0.2, 0.25) is 0 Å². The minimum Gasteiger partial charge on any atom is -0.433 e. The monoisotopic (exact) mass is 132 g/mol. The third kappa shape index (κ3) is 3.73. The van der Waals surface area contributed by atoms with Crippen LogP contribution in [0.1, 0.15) is 15.3 Å². The van der Waals surface area contributed by atoms with E-state index in [4.69, 9.17) is 5.11 Å². The zero-order valence-corrected chi connectivity index (χ0v) is 5.55. The maximum Gasteiger partial charge on any atom is 0.335 e. The van der Waals surface area contributed by atoms with E-state index in [0.717, 1.165) is 0 Å². The van der Waals surface area contributed by atoms with Gasteiger partial charge in [0.15, 0.2) is 6.29 Å². The standard InChI is InChI=1S/C6H10O3.H2/c1-4(2)6(8)9-5(3)7;/h5,7H,1H2,2-3H3;1H. The Morgan fingerprint density at radius 2 is 2.33 bits per heavy atom. The highest BCUT2D eigenvalue weighted by molar-refractivity contribution is 5.86. The molecule has 0 spiro atoms. The third-order valence-corrected chi connectivity index (χ3v) is 0.626. The van der Waals surface area contributed by atoms with Crippen molar-refractivity contribution in [1.29, 1.82) is 0 Å². The summed E-state index contributed by atoms with van der Waals surface area (Å²) >= 11 is 0. The van der Waals surface area contributed by atoms with Gasteiger partial charge in [0.25, 0.3) is 0 Å². The molecule has 0 radical (unpaired) electrons. The van der Waals surface area contributed by atoms with E-state index in [2.05, 4.69) is 11.3 Å². The van der Waals surface area contributed by atoms with Crippen molar-refractivity contribution in [3.63, 3.8) is 0 Å². The molecule has 0 saturated carbocycles. The number of hydrogen-bond donors (Lipinski definition) is 1. The molecule has 0 aliphatic heterocycles. The maximum atomic E-state index is 10.5. The van der Waals surface area contributed by atoms with Crippen LogP contribution in [-0.4, -0.2) is 17.4 Å². The van der Waals surface area contributed by atoms with Gasteiger partial charge < -0.3 is 9.84 Å². The maximum absolute atomic E-state index is 10.5. The van der Waals surface area contributed by atoms with Crippen molar-refractivity contribution in [3.05, 3.63) is 12.2 Å². The van der Waals surface area contributed by atoms with Gasteiger partial charge in [-0.15, -0.1) is 0 Å². The summed E-state index contributed by atoms with van der Waals surface area (Å²) in [4.78, 5) is 10.5. The van der Waals surface area contributed by atoms with Crippen molar-refractivity contribution in [2.45, 2.75) is 20.1 Å². The lowest BCUT2D eigenvalue weighted by Gasteiger charge is -2.04. The van der Waals surface area contributed by atoms with Crippen LogP contribution in [0.4, 0.5) is 0 Å². The predicted molar refractivity (Wildman–Crippen MR) is 34.7 cm³/mol. The van der Waals surface area contributed by atoms with Crippen LogP contribution in [-0.2, 0) is 9.53 Å². The average Bonchev–Trinajstić information content (AvgIpc) is 1.63. The molecule has 9 heavy (non-hydrogen) atoms. The van der Waals surface area contributed by atoms with Crippen molar-refractivity contribution in [2.75, 3.05) is 0 Å². The minimum absolute atomic E-state index is 0. The first-order valence-corrected chi connectivity index (χ1v) is 2.58. The number of carbonyl (C=O) groups is 1. The van der Waals surface area contributed by atoms with Gasteiger partial charge in [-0.05, 0) is 13.8 Å². The lowest BCUT2D eigenvalue weighted by Crippen LogP contribution is -2.13. The highest BCUT2D eigenvalue weighted by Gasteiger charge is 2.04. The number of esters is 1. The molecule has 0 aliphatic carbocycles. The second-order valence-corrected chi connectivity index (χ2v) is 1.78. The Bertz CT molecular complexity index is 131. The van der Waals surface area contributed by atoms with Crippen molar-refractivity contribution in [3.8, 4) is 0 Å². The molecule has 1 unspecified atom stereocenters. The van der Waals surface area contributed by atoms with Gasteiger partial charge in [-0.1, -0.05) is 6.58 Å². The largest absolute Gasteiger partial charge is 0.433 e. The van der Waals surface area contributed by atoms with Crippen molar-refractivity contribution in [1.82, 2.24) is 0 Å². The Morgan fingerprint density at radius 1 is 1.89 bits per heavy atom. The van der Waals surface area contributed by atoms with Crippen LogP contribution < -0.4 is 0 Å². The van der Waals surface area contributed by atoms with E-state index < -0.39 is 12.3 Å². The van der Waals surface area contributed by atoms with E-state index in [9.17, 15) is 4.79 Å². The summed E-state index contributed by atoms with van der Waals surface area (Å²) in [6.07, 6.45) is -1.05. The second-order valence-electron chi connectivity index (χ2n) is 1.78. The van der Waals surface area contributed by atoms with Gasteiger partial charge in [0.05, 0.1) is 0 Å². The lowest BCUT2D eigenvalue weighted by molar-refractivity contribution is -0.159. The summed E-state index contributed by atoms with van der Waals surface area (Å²) in [5.41, 5.74) is 0.288. The molecule has 54 valence electrons. The van der Waals surface area contributed by atoms with Crippen LogP contribution in [0.15, 0.2) is 12.2 Å². The molecule has 0 fully saturated rings. The molecule has 3 heteroatoms. The van der Waals surface area contributed by atoms with Gasteiger partial charge >= 0.3 is 5.97 Å². The van der Waals surface area contributed by atoms with E-state index >= 15 is 0 Å². The van der Waals surface area contributed by atoms with Crippen molar-refractivity contribution >= 4 is 5.97 Å². The average molecular weight is 132 g/mol. The molecule has 0 bridgehead atoms. The first-order valence-electron chi connectivity index (χ1n) is 2.58. The van der Waals surface area contributed by atoms with Crippen molar-refractivity contribution in [2.24, 2.45) is 0 Å². The zero-order valence-electron chi connectivity index (χ0n) is 5.55. The lowest BCUT2D eigenvalue weighted by atomic mass is 10.4.